The van der Waals surface area contributed by atoms with Crippen LogP contribution in [0.4, 0.5) is 10.5 Å². The van der Waals surface area contributed by atoms with Crippen molar-refractivity contribution in [1.29, 1.82) is 0 Å². The third-order valence-corrected chi connectivity index (χ3v) is 6.31. The number of non-ortho nitro benzene ring substituents is 1. The number of benzene rings is 2. The van der Waals surface area contributed by atoms with Gasteiger partial charge in [-0.1, -0.05) is 28.1 Å². The largest absolute Gasteiger partial charge is 0.325 e. The third kappa shape index (κ3) is 3.59. The molecule has 8 nitrogen and oxygen atoms in total. The molecule has 4 rings (SSSR count). The van der Waals surface area contributed by atoms with Crippen molar-refractivity contribution in [3.05, 3.63) is 79.8 Å². The predicted octanol–water partition coefficient (Wildman–Crippen LogP) is 4.45. The first kappa shape index (κ1) is 20.2. The standard InChI is InChI=1S/C20H15BrN4O4S/c1-20(13-5-7-16(8-6-13)25(28)29)18(26)24(19(27)23-20)10-15-11-30-17(22-15)12-3-2-4-14(21)9-12/h2-9,11H,10H2,1H3,(H,23,27). The molecule has 1 saturated heterocycles. The van der Waals surface area contributed by atoms with Crippen LogP contribution in [0.3, 0.4) is 0 Å². The average molecular weight is 487 g/mol. The van der Waals surface area contributed by atoms with E-state index in [-0.39, 0.29) is 12.2 Å². The van der Waals surface area contributed by atoms with Crippen LogP contribution in [0.5, 0.6) is 0 Å². The number of thiazole rings is 1. The van der Waals surface area contributed by atoms with Crippen molar-refractivity contribution in [3.63, 3.8) is 0 Å². The zero-order valence-electron chi connectivity index (χ0n) is 15.7. The second kappa shape index (κ2) is 7.62. The molecule has 3 amide bonds. The number of nitrogens with one attached hydrogen (secondary N) is 1. The van der Waals surface area contributed by atoms with Gasteiger partial charge in [-0.2, -0.15) is 0 Å². The highest BCUT2D eigenvalue weighted by molar-refractivity contribution is 9.10. The van der Waals surface area contributed by atoms with Crippen molar-refractivity contribution in [1.82, 2.24) is 15.2 Å². The molecule has 1 atom stereocenters. The Kier molecular flexibility index (Phi) is 5.12. The van der Waals surface area contributed by atoms with Crippen LogP contribution in [0.1, 0.15) is 18.2 Å². The summed E-state index contributed by atoms with van der Waals surface area (Å²) >= 11 is 4.87. The molecule has 3 aromatic rings. The molecule has 0 bridgehead atoms. The first-order chi connectivity index (χ1) is 14.3. The number of hydrogen-bond acceptors (Lipinski definition) is 6. The van der Waals surface area contributed by atoms with E-state index in [1.807, 2.05) is 29.6 Å². The van der Waals surface area contributed by atoms with E-state index in [9.17, 15) is 19.7 Å². The maximum atomic E-state index is 13.1. The summed E-state index contributed by atoms with van der Waals surface area (Å²) < 4.78 is 0.935. The number of amides is 3. The molecule has 30 heavy (non-hydrogen) atoms. The van der Waals surface area contributed by atoms with E-state index >= 15 is 0 Å². The van der Waals surface area contributed by atoms with Crippen molar-refractivity contribution < 1.29 is 14.5 Å². The fraction of sp³-hybridized carbons (Fsp3) is 0.150. The second-order valence-corrected chi connectivity index (χ2v) is 8.68. The lowest BCUT2D eigenvalue weighted by atomic mass is 9.92. The second-order valence-electron chi connectivity index (χ2n) is 6.90. The van der Waals surface area contributed by atoms with E-state index < -0.39 is 22.4 Å². The number of urea groups is 1. The van der Waals surface area contributed by atoms with Crippen molar-refractivity contribution in [2.45, 2.75) is 19.0 Å². The Hall–Kier alpha value is -3.11. The molecule has 1 aliphatic heterocycles. The lowest BCUT2D eigenvalue weighted by Crippen LogP contribution is -2.40. The van der Waals surface area contributed by atoms with E-state index in [0.717, 1.165) is 19.9 Å². The molecule has 1 aromatic heterocycles. The molecule has 1 N–H and O–H groups in total. The average Bonchev–Trinajstić information content (AvgIpc) is 3.27. The number of halogens is 1. The van der Waals surface area contributed by atoms with Crippen molar-refractivity contribution >= 4 is 44.9 Å². The normalized spacial score (nSPS) is 18.5. The Balaban J connectivity index is 1.55. The zero-order chi connectivity index (χ0) is 21.5. The Morgan fingerprint density at radius 1 is 1.23 bits per heavy atom. The van der Waals surface area contributed by atoms with Gasteiger partial charge < -0.3 is 5.32 Å². The van der Waals surface area contributed by atoms with Gasteiger partial charge in [-0.25, -0.2) is 9.78 Å². The summed E-state index contributed by atoms with van der Waals surface area (Å²) in [4.78, 5) is 41.6. The molecular formula is C20H15BrN4O4S. The van der Waals surface area contributed by atoms with Crippen LogP contribution in [-0.4, -0.2) is 26.7 Å². The van der Waals surface area contributed by atoms with Crippen LogP contribution < -0.4 is 5.32 Å². The number of nitrogens with zero attached hydrogens (tertiary/aromatic N) is 3. The molecule has 10 heteroatoms. The number of carbonyl (C=O) groups excluding carboxylic acids is 2. The topological polar surface area (TPSA) is 105 Å². The Morgan fingerprint density at radius 2 is 1.97 bits per heavy atom. The summed E-state index contributed by atoms with van der Waals surface area (Å²) in [5.41, 5.74) is 0.635. The first-order valence-corrected chi connectivity index (χ1v) is 10.5. The lowest BCUT2D eigenvalue weighted by Gasteiger charge is -2.21. The van der Waals surface area contributed by atoms with Gasteiger partial charge in [-0.15, -0.1) is 11.3 Å². The van der Waals surface area contributed by atoms with Crippen molar-refractivity contribution in [2.24, 2.45) is 0 Å². The summed E-state index contributed by atoms with van der Waals surface area (Å²) in [5.74, 6) is -0.432. The van der Waals surface area contributed by atoms with E-state index in [1.165, 1.54) is 35.6 Å². The van der Waals surface area contributed by atoms with Crippen LogP contribution in [0.25, 0.3) is 10.6 Å². The Morgan fingerprint density at radius 3 is 2.63 bits per heavy atom. The highest BCUT2D eigenvalue weighted by atomic mass is 79.9. The monoisotopic (exact) mass is 486 g/mol. The van der Waals surface area contributed by atoms with Gasteiger partial charge in [0, 0.05) is 27.5 Å². The van der Waals surface area contributed by atoms with Gasteiger partial charge in [0.1, 0.15) is 10.5 Å². The maximum Gasteiger partial charge on any atom is 0.325 e. The van der Waals surface area contributed by atoms with Gasteiger partial charge in [0.25, 0.3) is 11.6 Å². The number of nitro groups is 1. The fourth-order valence-corrected chi connectivity index (χ4v) is 4.46. The molecule has 0 spiro atoms. The summed E-state index contributed by atoms with van der Waals surface area (Å²) in [6, 6.07) is 12.8. The van der Waals surface area contributed by atoms with Gasteiger partial charge in [0.05, 0.1) is 17.2 Å². The zero-order valence-corrected chi connectivity index (χ0v) is 18.1. The molecular weight excluding hydrogens is 472 g/mol. The quantitative estimate of drug-likeness (QED) is 0.325. The number of carbonyl (C=O) groups is 2. The first-order valence-electron chi connectivity index (χ1n) is 8.87. The summed E-state index contributed by atoms with van der Waals surface area (Å²) in [7, 11) is 0. The van der Waals surface area contributed by atoms with E-state index in [4.69, 9.17) is 0 Å². The van der Waals surface area contributed by atoms with Crippen molar-refractivity contribution in [3.8, 4) is 10.6 Å². The molecule has 1 fully saturated rings. The highest BCUT2D eigenvalue weighted by Gasteiger charge is 2.49. The molecule has 152 valence electrons. The van der Waals surface area contributed by atoms with E-state index in [2.05, 4.69) is 26.2 Å². The lowest BCUT2D eigenvalue weighted by molar-refractivity contribution is -0.384. The number of aromatic nitrogens is 1. The van der Waals surface area contributed by atoms with Gasteiger partial charge in [0.2, 0.25) is 0 Å². The van der Waals surface area contributed by atoms with Gasteiger partial charge >= 0.3 is 6.03 Å². The highest BCUT2D eigenvalue weighted by Crippen LogP contribution is 2.32. The molecule has 0 radical (unpaired) electrons. The SMILES string of the molecule is CC1(c2ccc([N+](=O)[O-])cc2)NC(=O)N(Cc2csc(-c3cccc(Br)c3)n2)C1=O. The van der Waals surface area contributed by atoms with Gasteiger partial charge in [-0.05, 0) is 36.8 Å². The van der Waals surface area contributed by atoms with Gasteiger partial charge in [-0.3, -0.25) is 19.8 Å². The molecule has 1 aliphatic rings. The molecule has 0 saturated carbocycles. The minimum absolute atomic E-state index is 0.0394. The predicted molar refractivity (Wildman–Crippen MR) is 115 cm³/mol. The molecule has 1 unspecified atom stereocenters. The van der Waals surface area contributed by atoms with E-state index in [1.54, 1.807) is 6.92 Å². The minimum atomic E-state index is -1.30. The minimum Gasteiger partial charge on any atom is -0.319 e. The third-order valence-electron chi connectivity index (χ3n) is 4.87. The molecule has 2 aromatic carbocycles. The Labute approximate surface area is 183 Å². The van der Waals surface area contributed by atoms with Crippen LogP contribution in [0, 0.1) is 10.1 Å². The molecule has 2 heterocycles. The summed E-state index contributed by atoms with van der Waals surface area (Å²) in [5, 5.41) is 16.2. The smallest absolute Gasteiger partial charge is 0.319 e. The van der Waals surface area contributed by atoms with Gasteiger partial charge in [0.15, 0.2) is 0 Å². The Bertz CT molecular complexity index is 1160. The summed E-state index contributed by atoms with van der Waals surface area (Å²) in [6.45, 7) is 1.63. The number of rotatable bonds is 5. The van der Waals surface area contributed by atoms with E-state index in [0.29, 0.717) is 11.3 Å². The molecule has 0 aliphatic carbocycles. The fourth-order valence-electron chi connectivity index (χ4n) is 3.25. The van der Waals surface area contributed by atoms with Crippen LogP contribution >= 0.6 is 27.3 Å². The van der Waals surface area contributed by atoms with Crippen molar-refractivity contribution in [2.75, 3.05) is 0 Å². The van der Waals surface area contributed by atoms with Crippen LogP contribution in [0.2, 0.25) is 0 Å². The maximum absolute atomic E-state index is 13.1. The summed E-state index contributed by atoms with van der Waals surface area (Å²) in [6.07, 6.45) is 0. The number of hydrogen-bond donors (Lipinski definition) is 1. The van der Waals surface area contributed by atoms with Crippen LogP contribution in [0.15, 0.2) is 58.4 Å². The van der Waals surface area contributed by atoms with Crippen LogP contribution in [-0.2, 0) is 16.9 Å². The number of imide groups is 1. The number of nitro benzene ring substituents is 1.